The summed E-state index contributed by atoms with van der Waals surface area (Å²) >= 11 is 1.32. The topological polar surface area (TPSA) is 88.8 Å². The number of amides is 2. The SMILES string of the molecule is COc1ccc2c(C)cc3nnc(SC(C)C(=O)N4CC(=O)Nc5ccccc54)n3c2c1. The third kappa shape index (κ3) is 3.34. The van der Waals surface area contributed by atoms with Gasteiger partial charge in [-0.3, -0.25) is 18.9 Å². The van der Waals surface area contributed by atoms with E-state index < -0.39 is 5.25 Å². The summed E-state index contributed by atoms with van der Waals surface area (Å²) in [7, 11) is 1.63. The third-order valence-electron chi connectivity index (χ3n) is 5.54. The molecule has 1 aliphatic rings. The number of anilines is 2. The van der Waals surface area contributed by atoms with Crippen molar-refractivity contribution in [2.75, 3.05) is 23.9 Å². The quantitative estimate of drug-likeness (QED) is 0.480. The first-order valence-corrected chi connectivity index (χ1v) is 11.0. The number of aromatic nitrogens is 3. The summed E-state index contributed by atoms with van der Waals surface area (Å²) in [5, 5.41) is 12.7. The Balaban J connectivity index is 1.52. The van der Waals surface area contributed by atoms with Crippen molar-refractivity contribution < 1.29 is 14.3 Å². The number of aryl methyl sites for hydroxylation is 1. The van der Waals surface area contributed by atoms with E-state index in [0.29, 0.717) is 22.2 Å². The molecule has 1 N–H and O–H groups in total. The summed E-state index contributed by atoms with van der Waals surface area (Å²) in [5.74, 6) is 0.355. The highest BCUT2D eigenvalue weighted by Crippen LogP contribution is 2.33. The Hall–Kier alpha value is -3.59. The molecule has 1 aliphatic heterocycles. The van der Waals surface area contributed by atoms with E-state index >= 15 is 0 Å². The number of hydrogen-bond acceptors (Lipinski definition) is 6. The lowest BCUT2D eigenvalue weighted by atomic mass is 10.1. The monoisotopic (exact) mass is 447 g/mol. The van der Waals surface area contributed by atoms with Gasteiger partial charge in [-0.15, -0.1) is 10.2 Å². The summed E-state index contributed by atoms with van der Waals surface area (Å²) in [6.45, 7) is 3.84. The average molecular weight is 448 g/mol. The highest BCUT2D eigenvalue weighted by molar-refractivity contribution is 8.00. The molecule has 0 aliphatic carbocycles. The molecule has 8 nitrogen and oxygen atoms in total. The van der Waals surface area contributed by atoms with E-state index in [1.807, 2.05) is 60.7 Å². The number of nitrogens with zero attached hydrogens (tertiary/aromatic N) is 4. The van der Waals surface area contributed by atoms with Gasteiger partial charge >= 0.3 is 0 Å². The molecule has 162 valence electrons. The van der Waals surface area contributed by atoms with Gasteiger partial charge in [0.05, 0.1) is 29.3 Å². The van der Waals surface area contributed by atoms with Gasteiger partial charge < -0.3 is 10.1 Å². The summed E-state index contributed by atoms with van der Waals surface area (Å²) in [4.78, 5) is 27.0. The maximum Gasteiger partial charge on any atom is 0.244 e. The second kappa shape index (κ2) is 7.83. The summed E-state index contributed by atoms with van der Waals surface area (Å²) in [6.07, 6.45) is 0. The minimum atomic E-state index is -0.483. The van der Waals surface area contributed by atoms with Crippen molar-refractivity contribution >= 4 is 51.5 Å². The summed E-state index contributed by atoms with van der Waals surface area (Å²) in [5.41, 5.74) is 4.03. The van der Waals surface area contributed by atoms with Crippen LogP contribution in [0.1, 0.15) is 12.5 Å². The number of ether oxygens (including phenoxy) is 1. The fraction of sp³-hybridized carbons (Fsp3) is 0.217. The molecule has 2 amide bonds. The lowest BCUT2D eigenvalue weighted by molar-refractivity contribution is -0.121. The van der Waals surface area contributed by atoms with Gasteiger partial charge in [0.2, 0.25) is 11.8 Å². The molecule has 1 unspecified atom stereocenters. The van der Waals surface area contributed by atoms with Crippen LogP contribution in [-0.4, -0.2) is 45.3 Å². The second-order valence-corrected chi connectivity index (χ2v) is 8.94. The molecule has 2 aromatic carbocycles. The van der Waals surface area contributed by atoms with Crippen LogP contribution in [0.2, 0.25) is 0 Å². The third-order valence-corrected chi connectivity index (χ3v) is 6.57. The van der Waals surface area contributed by atoms with Crippen LogP contribution in [0.4, 0.5) is 11.4 Å². The highest BCUT2D eigenvalue weighted by atomic mass is 32.2. The molecule has 0 bridgehead atoms. The van der Waals surface area contributed by atoms with Gasteiger partial charge in [-0.05, 0) is 49.7 Å². The Kier molecular flexibility index (Phi) is 4.97. The van der Waals surface area contributed by atoms with Crippen molar-refractivity contribution in [1.29, 1.82) is 0 Å². The molecular weight excluding hydrogens is 426 g/mol. The molecule has 0 spiro atoms. The zero-order chi connectivity index (χ0) is 22.4. The van der Waals surface area contributed by atoms with Crippen molar-refractivity contribution in [3.8, 4) is 5.75 Å². The van der Waals surface area contributed by atoms with Gasteiger partial charge in [0, 0.05) is 11.5 Å². The Bertz CT molecular complexity index is 1380. The smallest absolute Gasteiger partial charge is 0.244 e. The van der Waals surface area contributed by atoms with Crippen molar-refractivity contribution in [2.45, 2.75) is 24.3 Å². The van der Waals surface area contributed by atoms with E-state index in [1.165, 1.54) is 16.7 Å². The van der Waals surface area contributed by atoms with Crippen molar-refractivity contribution in [1.82, 2.24) is 14.6 Å². The van der Waals surface area contributed by atoms with Gasteiger partial charge in [0.1, 0.15) is 12.3 Å². The van der Waals surface area contributed by atoms with Crippen molar-refractivity contribution in [3.05, 3.63) is 54.1 Å². The van der Waals surface area contributed by atoms with Gasteiger partial charge in [-0.1, -0.05) is 23.9 Å². The average Bonchev–Trinajstić information content (AvgIpc) is 3.19. The highest BCUT2D eigenvalue weighted by Gasteiger charge is 2.31. The molecular formula is C23H21N5O3S. The largest absolute Gasteiger partial charge is 0.497 e. The molecule has 2 aromatic heterocycles. The van der Waals surface area contributed by atoms with Crippen LogP contribution < -0.4 is 15.0 Å². The number of thioether (sulfide) groups is 1. The van der Waals surface area contributed by atoms with E-state index in [2.05, 4.69) is 15.5 Å². The van der Waals surface area contributed by atoms with Gasteiger partial charge in [-0.2, -0.15) is 0 Å². The normalized spacial score (nSPS) is 14.3. The maximum atomic E-state index is 13.3. The van der Waals surface area contributed by atoms with Gasteiger partial charge in [0.25, 0.3) is 0 Å². The molecule has 32 heavy (non-hydrogen) atoms. The van der Waals surface area contributed by atoms with Crippen LogP contribution >= 0.6 is 11.8 Å². The minimum absolute atomic E-state index is 0.0132. The Morgan fingerprint density at radius 1 is 1.19 bits per heavy atom. The standard InChI is InChI=1S/C23H21N5O3S/c1-13-10-20-25-26-23(28(20)19-11-15(31-3)8-9-16(13)19)32-14(2)22(30)27-12-21(29)24-17-6-4-5-7-18(17)27/h4-11,14H,12H2,1-3H3,(H,24,29). The number of pyridine rings is 1. The maximum absolute atomic E-state index is 13.3. The molecule has 0 saturated carbocycles. The Morgan fingerprint density at radius 2 is 2.00 bits per heavy atom. The predicted octanol–water partition coefficient (Wildman–Crippen LogP) is 3.67. The van der Waals surface area contributed by atoms with Crippen LogP contribution in [0, 0.1) is 6.92 Å². The number of methoxy groups -OCH3 is 1. The van der Waals surface area contributed by atoms with E-state index in [4.69, 9.17) is 4.74 Å². The van der Waals surface area contributed by atoms with Crippen molar-refractivity contribution in [3.63, 3.8) is 0 Å². The lowest BCUT2D eigenvalue weighted by Crippen LogP contribution is -2.45. The number of fused-ring (bicyclic) bond motifs is 4. The molecule has 0 fully saturated rings. The molecule has 9 heteroatoms. The molecule has 0 radical (unpaired) electrons. The molecule has 0 saturated heterocycles. The number of carbonyl (C=O) groups excluding carboxylic acids is 2. The first-order valence-electron chi connectivity index (χ1n) is 10.2. The number of carbonyl (C=O) groups is 2. The van der Waals surface area contributed by atoms with E-state index in [9.17, 15) is 9.59 Å². The molecule has 3 heterocycles. The number of hydrogen-bond donors (Lipinski definition) is 1. The van der Waals surface area contributed by atoms with Crippen LogP contribution in [0.3, 0.4) is 0 Å². The summed E-state index contributed by atoms with van der Waals surface area (Å²) in [6, 6.07) is 15.2. The number of nitrogens with one attached hydrogen (secondary N) is 1. The van der Waals surface area contributed by atoms with Crippen molar-refractivity contribution in [2.24, 2.45) is 0 Å². The van der Waals surface area contributed by atoms with E-state index in [1.54, 1.807) is 13.2 Å². The Labute approximate surface area is 188 Å². The minimum Gasteiger partial charge on any atom is -0.497 e. The molecule has 5 rings (SSSR count). The van der Waals surface area contributed by atoms with Gasteiger partial charge in [0.15, 0.2) is 10.8 Å². The summed E-state index contributed by atoms with van der Waals surface area (Å²) < 4.78 is 7.35. The number of benzene rings is 2. The fourth-order valence-corrected chi connectivity index (χ4v) is 4.89. The zero-order valence-corrected chi connectivity index (χ0v) is 18.6. The fourth-order valence-electron chi connectivity index (χ4n) is 3.96. The first kappa shape index (κ1) is 20.3. The van der Waals surface area contributed by atoms with E-state index in [-0.39, 0.29) is 18.4 Å². The Morgan fingerprint density at radius 3 is 2.81 bits per heavy atom. The zero-order valence-electron chi connectivity index (χ0n) is 17.8. The van der Waals surface area contributed by atoms with E-state index in [0.717, 1.165) is 22.2 Å². The molecule has 4 aromatic rings. The van der Waals surface area contributed by atoms with Crippen LogP contribution in [0.15, 0.2) is 53.7 Å². The number of para-hydroxylation sites is 2. The second-order valence-electron chi connectivity index (χ2n) is 7.64. The lowest BCUT2D eigenvalue weighted by Gasteiger charge is -2.30. The molecule has 1 atom stereocenters. The van der Waals surface area contributed by atoms with Crippen LogP contribution in [0.5, 0.6) is 5.75 Å². The first-order chi connectivity index (χ1) is 15.5. The van der Waals surface area contributed by atoms with Gasteiger partial charge in [-0.25, -0.2) is 0 Å². The van der Waals surface area contributed by atoms with Crippen LogP contribution in [0.25, 0.3) is 16.6 Å². The predicted molar refractivity (Wildman–Crippen MR) is 125 cm³/mol. The number of rotatable bonds is 4. The van der Waals surface area contributed by atoms with Crippen LogP contribution in [-0.2, 0) is 9.59 Å².